The maximum Gasteiger partial charge on any atom is 0.338 e. The van der Waals surface area contributed by atoms with Gasteiger partial charge in [0.1, 0.15) is 80.0 Å². The van der Waals surface area contributed by atoms with Crippen molar-refractivity contribution in [1.82, 2.24) is 14.7 Å². The molecule has 28 heteroatoms. The Bertz CT molecular complexity index is 5380. The summed E-state index contributed by atoms with van der Waals surface area (Å²) in [6, 6.07) is 64.5. The lowest BCUT2D eigenvalue weighted by Gasteiger charge is -2.53. The van der Waals surface area contributed by atoms with E-state index in [-0.39, 0.29) is 66.8 Å². The minimum Gasteiger partial charge on any atom is -0.459 e. The average Bonchev–Trinajstić information content (AvgIpc) is 1.50. The third-order valence-electron chi connectivity index (χ3n) is 20.7. The second-order valence-electron chi connectivity index (χ2n) is 27.9. The number of carbonyl (C=O) groups is 12. The number of nitrogens with zero attached hydrogens (tertiary/aromatic N) is 3. The van der Waals surface area contributed by atoms with E-state index in [0.717, 1.165) is 16.7 Å². The third kappa shape index (κ3) is 15.8. The summed E-state index contributed by atoms with van der Waals surface area (Å²) in [4.78, 5) is 186. The Kier molecular flexibility index (Phi) is 23.0. The van der Waals surface area contributed by atoms with E-state index in [2.05, 4.69) is 0 Å². The Labute approximate surface area is 676 Å². The Hall–Kier alpha value is -13.5. The van der Waals surface area contributed by atoms with Crippen LogP contribution < -0.4 is 0 Å². The molecule has 0 bridgehead atoms. The second-order valence-corrected chi connectivity index (χ2v) is 29.1. The number of hydrogen-bond donors (Lipinski definition) is 1. The van der Waals surface area contributed by atoms with E-state index in [9.17, 15) is 24.3 Å². The SMILES string of the molecule is O=C(OC[C@H]1O[C@@H](O[C@H]2[C@H](OC(=O)c3ccccc3)[C@@H](N3C(=O)c4ccccc4C3=O)[C@H](O[C@H]3[C@H](OC(=O)c4ccccc4)[C@@H](N4C(=O)c5ccccc5C4=O)[C@H](Sc4ccccc4)O[C@@H]3COC(=O)c3ccccc3)O[C@@H]2COC(=O)c2ccccc2)[C@H](N2C(=O)c3ccccc3C2=O)[C@@H](OC(=O)c2ccccc2)[C@@H]1O)c1ccccc1. The van der Waals surface area contributed by atoms with Crippen LogP contribution in [0.5, 0.6) is 0 Å². The van der Waals surface area contributed by atoms with Crippen molar-refractivity contribution < 1.29 is 115 Å². The van der Waals surface area contributed by atoms with Crippen molar-refractivity contribution >= 4 is 83.0 Å². The van der Waals surface area contributed by atoms with Gasteiger partial charge in [-0.05, 0) is 121 Å². The molecular formula is C90H69N3O24S. The van der Waals surface area contributed by atoms with Gasteiger partial charge in [0.05, 0.1) is 66.8 Å². The number of aliphatic hydroxyl groups is 1. The molecule has 6 aliphatic rings. The van der Waals surface area contributed by atoms with Crippen LogP contribution in [0.3, 0.4) is 0 Å². The standard InChI is InChI=1S/C90H69N3O24S/c94-70-64(48-107-82(101)51-28-8-1-9-29-51)110-88(67(73(70)113-85(104)54-34-14-4-15-35-54)91-76(95)58-42-22-23-43-59(58)77(91)96)116-71-65(49-108-83(102)52-30-10-2-11-31-52)111-89(68(74(71)114-86(105)55-36-16-5-17-37-55)92-78(97)60-44-24-25-45-61(60)79(92)98)117-72-66(50-109-84(103)53-32-12-3-13-33-53)112-90(118-57-40-20-7-21-41-57)69(75(72)115-87(106)56-38-18-6-19-39-56)93-80(99)62-46-26-27-47-63(62)81(93)100/h1-47,64-75,88-90,94H,48-50H2/t64-,65-,66-,67-,68-,69-,70-,71-,72-,73-,74-,75-,88+,89+,90+/m1/s1. The van der Waals surface area contributed by atoms with Gasteiger partial charge in [-0.3, -0.25) is 43.5 Å². The van der Waals surface area contributed by atoms with Gasteiger partial charge in [-0.1, -0.05) is 176 Å². The van der Waals surface area contributed by atoms with Gasteiger partial charge in [0, 0.05) is 4.90 Å². The van der Waals surface area contributed by atoms with E-state index < -0.39 is 182 Å². The quantitative estimate of drug-likeness (QED) is 0.0334. The van der Waals surface area contributed by atoms with Crippen LogP contribution in [-0.2, 0) is 52.1 Å². The molecule has 1 N–H and O–H groups in total. The van der Waals surface area contributed by atoms with Crippen LogP contribution >= 0.6 is 11.8 Å². The van der Waals surface area contributed by atoms with E-state index in [1.54, 1.807) is 103 Å². The highest BCUT2D eigenvalue weighted by Gasteiger charge is 2.64. The number of benzene rings is 10. The lowest BCUT2D eigenvalue weighted by atomic mass is 9.92. The van der Waals surface area contributed by atoms with Gasteiger partial charge in [0.15, 0.2) is 30.9 Å². The Morgan fingerprint density at radius 2 is 0.534 bits per heavy atom. The van der Waals surface area contributed by atoms with Crippen LogP contribution in [0.4, 0.5) is 0 Å². The summed E-state index contributed by atoms with van der Waals surface area (Å²) in [6.45, 7) is -2.81. The van der Waals surface area contributed by atoms with Crippen molar-refractivity contribution in [3.8, 4) is 0 Å². The van der Waals surface area contributed by atoms with Crippen molar-refractivity contribution in [3.05, 3.63) is 352 Å². The minimum absolute atomic E-state index is 0.0350. The molecule has 594 valence electrons. The smallest absolute Gasteiger partial charge is 0.338 e. The van der Waals surface area contributed by atoms with Crippen LogP contribution in [0.25, 0.3) is 0 Å². The molecule has 0 aromatic heterocycles. The first-order chi connectivity index (χ1) is 57.5. The van der Waals surface area contributed by atoms with Gasteiger partial charge in [-0.2, -0.15) is 0 Å². The summed E-state index contributed by atoms with van der Waals surface area (Å²) in [5.74, 6) is -12.4. The second kappa shape index (κ2) is 34.5. The van der Waals surface area contributed by atoms with Gasteiger partial charge in [0.25, 0.3) is 35.4 Å². The van der Waals surface area contributed by atoms with Crippen LogP contribution in [0.2, 0.25) is 0 Å². The molecular weight excluding hydrogens is 1540 g/mol. The highest BCUT2D eigenvalue weighted by atomic mass is 32.2. The van der Waals surface area contributed by atoms with Gasteiger partial charge >= 0.3 is 35.8 Å². The van der Waals surface area contributed by atoms with Crippen molar-refractivity contribution in [2.24, 2.45) is 0 Å². The number of ether oxygens (including phenoxy) is 11. The average molecular weight is 1610 g/mol. The molecule has 27 nitrogen and oxygen atoms in total. The number of rotatable bonds is 24. The molecule has 15 atom stereocenters. The summed E-state index contributed by atoms with van der Waals surface area (Å²) < 4.78 is 74.2. The van der Waals surface area contributed by atoms with Gasteiger partial charge in [0.2, 0.25) is 0 Å². The lowest BCUT2D eigenvalue weighted by molar-refractivity contribution is -0.351. The zero-order valence-corrected chi connectivity index (χ0v) is 62.8. The number of imide groups is 3. The molecule has 0 spiro atoms. The molecule has 10 aromatic rings. The molecule has 3 fully saturated rings. The molecule has 0 radical (unpaired) electrons. The lowest BCUT2D eigenvalue weighted by Crippen LogP contribution is -2.72. The highest BCUT2D eigenvalue weighted by molar-refractivity contribution is 7.99. The van der Waals surface area contributed by atoms with E-state index in [1.807, 2.05) is 0 Å². The van der Waals surface area contributed by atoms with Crippen LogP contribution in [-0.4, -0.2) is 202 Å². The first-order valence-electron chi connectivity index (χ1n) is 37.5. The number of carbonyl (C=O) groups excluding carboxylic acids is 12. The maximum atomic E-state index is 16.0. The molecule has 3 saturated heterocycles. The fraction of sp³-hybridized carbons (Fsp3) is 0.200. The minimum atomic E-state index is -2.43. The number of fused-ring (bicyclic) bond motifs is 3. The van der Waals surface area contributed by atoms with E-state index in [4.69, 9.17) is 52.1 Å². The van der Waals surface area contributed by atoms with Crippen LogP contribution in [0, 0.1) is 0 Å². The molecule has 6 amide bonds. The molecule has 10 aromatic carbocycles. The van der Waals surface area contributed by atoms with Gasteiger partial charge in [-0.15, -0.1) is 0 Å². The summed E-state index contributed by atoms with van der Waals surface area (Å²) in [7, 11) is 0. The Balaban J connectivity index is 0.907. The number of aliphatic hydroxyl groups excluding tert-OH is 1. The first kappa shape index (κ1) is 78.4. The monoisotopic (exact) mass is 1610 g/mol. The van der Waals surface area contributed by atoms with E-state index in [1.165, 1.54) is 182 Å². The van der Waals surface area contributed by atoms with Crippen molar-refractivity contribution in [1.29, 1.82) is 0 Å². The van der Waals surface area contributed by atoms with Crippen molar-refractivity contribution in [2.75, 3.05) is 19.8 Å². The number of amides is 6. The van der Waals surface area contributed by atoms with E-state index in [0.29, 0.717) is 14.7 Å². The topological polar surface area (TPSA) is 336 Å². The fourth-order valence-electron chi connectivity index (χ4n) is 15.1. The predicted molar refractivity (Wildman–Crippen MR) is 413 cm³/mol. The normalized spacial score (nSPS) is 24.4. The summed E-state index contributed by atoms with van der Waals surface area (Å²) >= 11 is 0.975. The molecule has 0 saturated carbocycles. The third-order valence-corrected chi connectivity index (χ3v) is 21.9. The van der Waals surface area contributed by atoms with E-state index >= 15 is 38.4 Å². The Morgan fingerprint density at radius 3 is 0.864 bits per heavy atom. The zero-order valence-electron chi connectivity index (χ0n) is 62.0. The maximum absolute atomic E-state index is 16.0. The molecule has 6 aliphatic heterocycles. The molecule has 0 aliphatic carbocycles. The van der Waals surface area contributed by atoms with Crippen molar-refractivity contribution in [3.63, 3.8) is 0 Å². The van der Waals surface area contributed by atoms with Crippen LogP contribution in [0.1, 0.15) is 124 Å². The number of thioether (sulfide) groups is 1. The summed E-state index contributed by atoms with van der Waals surface area (Å²) in [5.41, 5.74) is -2.79. The van der Waals surface area contributed by atoms with Gasteiger partial charge in [-0.25, -0.2) is 28.8 Å². The highest BCUT2D eigenvalue weighted by Crippen LogP contribution is 2.46. The first-order valence-corrected chi connectivity index (χ1v) is 38.4. The summed E-state index contributed by atoms with van der Waals surface area (Å²) in [5, 5.41) is 13.0. The predicted octanol–water partition coefficient (Wildman–Crippen LogP) is 10.3. The summed E-state index contributed by atoms with van der Waals surface area (Å²) in [6.07, 6.45) is -23.8. The largest absolute Gasteiger partial charge is 0.459 e. The number of esters is 6. The number of hydrogen-bond acceptors (Lipinski definition) is 25. The molecule has 16 rings (SSSR count). The van der Waals surface area contributed by atoms with Crippen LogP contribution in [0.15, 0.2) is 290 Å². The molecule has 118 heavy (non-hydrogen) atoms. The molecule has 6 heterocycles. The fourth-order valence-corrected chi connectivity index (χ4v) is 16.3. The Morgan fingerprint density at radius 1 is 0.288 bits per heavy atom. The van der Waals surface area contributed by atoms with Crippen molar-refractivity contribution in [2.45, 2.75) is 96.0 Å². The zero-order chi connectivity index (χ0) is 81.7. The van der Waals surface area contributed by atoms with Gasteiger partial charge < -0.3 is 57.2 Å². The molecule has 0 unspecified atom stereocenters.